The number of hydrogen-bond donors (Lipinski definition) is 2. The molecule has 1 fully saturated rings. The summed E-state index contributed by atoms with van der Waals surface area (Å²) < 4.78 is 27.4. The Morgan fingerprint density at radius 2 is 1.60 bits per heavy atom. The number of sulfonamides is 1. The maximum atomic E-state index is 13.3. The molecule has 2 aliphatic heterocycles. The van der Waals surface area contributed by atoms with Crippen LogP contribution in [-0.4, -0.2) is 49.1 Å². The van der Waals surface area contributed by atoms with Crippen molar-refractivity contribution in [2.24, 2.45) is 5.92 Å². The van der Waals surface area contributed by atoms with Crippen LogP contribution in [0.1, 0.15) is 12.0 Å². The van der Waals surface area contributed by atoms with Gasteiger partial charge in [-0.3, -0.25) is 13.9 Å². The Hall–Kier alpha value is -3.40. The Morgan fingerprint density at radius 1 is 0.933 bits per heavy atom. The summed E-state index contributed by atoms with van der Waals surface area (Å²) >= 11 is 0. The van der Waals surface area contributed by atoms with Crippen molar-refractivity contribution in [1.82, 2.24) is 0 Å². The third-order valence-electron chi connectivity index (χ3n) is 5.39. The highest BCUT2D eigenvalue weighted by atomic mass is 32.2. The largest absolute Gasteiger partial charge is 0.481 e. The van der Waals surface area contributed by atoms with Gasteiger partial charge in [-0.2, -0.15) is 0 Å². The highest BCUT2D eigenvalue weighted by Gasteiger charge is 2.42. The number of anilines is 2. The topological polar surface area (TPSA) is 132 Å². The Kier molecular flexibility index (Phi) is 4.73. The number of aliphatic carboxylic acids is 2. The molecular weight excluding hydrogens is 412 g/mol. The molecule has 2 atom stereocenters. The molecular formula is C20H18N2O7S. The molecule has 1 saturated heterocycles. The number of fused-ring (bicyclic) bond motifs is 1. The van der Waals surface area contributed by atoms with Crippen LogP contribution >= 0.6 is 0 Å². The lowest BCUT2D eigenvalue weighted by Crippen LogP contribution is -2.42. The van der Waals surface area contributed by atoms with Crippen LogP contribution in [0.15, 0.2) is 53.4 Å². The van der Waals surface area contributed by atoms with Crippen LogP contribution in [0.4, 0.5) is 11.4 Å². The summed E-state index contributed by atoms with van der Waals surface area (Å²) in [6.07, 6.45) is -0.0398. The molecule has 1 amide bonds. The first-order valence-corrected chi connectivity index (χ1v) is 10.6. The molecule has 9 nitrogen and oxygen atoms in total. The molecule has 4 rings (SSSR count). The van der Waals surface area contributed by atoms with Gasteiger partial charge in [0.05, 0.1) is 16.5 Å². The van der Waals surface area contributed by atoms with Gasteiger partial charge >= 0.3 is 11.9 Å². The Bertz CT molecular complexity index is 1140. The number of carboxylic acid groups (broad SMARTS) is 2. The fourth-order valence-electron chi connectivity index (χ4n) is 3.88. The van der Waals surface area contributed by atoms with Gasteiger partial charge in [-0.25, -0.2) is 13.2 Å². The third-order valence-corrected chi connectivity index (χ3v) is 7.23. The van der Waals surface area contributed by atoms with E-state index < -0.39 is 33.9 Å². The predicted molar refractivity (Wildman–Crippen MR) is 106 cm³/mol. The van der Waals surface area contributed by atoms with Crippen molar-refractivity contribution in [3.63, 3.8) is 0 Å². The molecule has 2 N–H and O–H groups in total. The van der Waals surface area contributed by atoms with Gasteiger partial charge in [0.2, 0.25) is 5.91 Å². The molecule has 0 bridgehead atoms. The average molecular weight is 430 g/mol. The molecule has 0 radical (unpaired) electrons. The van der Waals surface area contributed by atoms with Gasteiger partial charge in [0.25, 0.3) is 10.0 Å². The summed E-state index contributed by atoms with van der Waals surface area (Å²) in [5.74, 6) is -3.46. The minimum absolute atomic E-state index is 0.0147. The van der Waals surface area contributed by atoms with Crippen molar-refractivity contribution in [2.45, 2.75) is 23.8 Å². The highest BCUT2D eigenvalue weighted by molar-refractivity contribution is 7.93. The normalized spacial score (nSPS) is 21.0. The zero-order valence-corrected chi connectivity index (χ0v) is 16.4. The maximum Gasteiger partial charge on any atom is 0.327 e. The van der Waals surface area contributed by atoms with E-state index in [1.54, 1.807) is 24.3 Å². The molecule has 30 heavy (non-hydrogen) atoms. The first-order chi connectivity index (χ1) is 14.2. The number of carboxylic acids is 2. The molecule has 2 aliphatic rings. The van der Waals surface area contributed by atoms with Crippen LogP contribution in [0.3, 0.4) is 0 Å². The number of nitrogens with zero attached hydrogens (tertiary/aromatic N) is 2. The number of para-hydroxylation sites is 1. The third kappa shape index (κ3) is 3.18. The van der Waals surface area contributed by atoms with Crippen LogP contribution < -0.4 is 9.21 Å². The standard InChI is InChI=1S/C20H18N2O7S/c23-18-10-13(19(24)25)11-21(18)14-5-7-15(8-6-14)30(28,29)22-16-4-2-1-3-12(16)9-17(22)20(26)27/h1-8,13,17H,9-11H2,(H,24,25)(H,26,27)/t13-,17+/m0/s1. The van der Waals surface area contributed by atoms with Gasteiger partial charge in [0.1, 0.15) is 6.04 Å². The van der Waals surface area contributed by atoms with E-state index in [0.29, 0.717) is 16.9 Å². The minimum atomic E-state index is -4.17. The number of carbonyl (C=O) groups excluding carboxylic acids is 1. The van der Waals surface area contributed by atoms with E-state index in [1.807, 2.05) is 0 Å². The molecule has 2 aromatic carbocycles. The van der Waals surface area contributed by atoms with Crippen LogP contribution in [0.2, 0.25) is 0 Å². The fourth-order valence-corrected chi connectivity index (χ4v) is 5.52. The lowest BCUT2D eigenvalue weighted by molar-refractivity contribution is -0.141. The molecule has 0 spiro atoms. The number of benzene rings is 2. The van der Waals surface area contributed by atoms with Crippen LogP contribution in [0, 0.1) is 5.92 Å². The maximum absolute atomic E-state index is 13.3. The summed E-state index contributed by atoms with van der Waals surface area (Å²) in [6.45, 7) is 0.0147. The van der Waals surface area contributed by atoms with Crippen molar-refractivity contribution < 1.29 is 33.0 Å². The monoisotopic (exact) mass is 430 g/mol. The molecule has 10 heteroatoms. The van der Waals surface area contributed by atoms with Gasteiger partial charge < -0.3 is 15.1 Å². The van der Waals surface area contributed by atoms with Crippen LogP contribution in [0.25, 0.3) is 0 Å². The van der Waals surface area contributed by atoms with E-state index in [9.17, 15) is 27.9 Å². The number of hydrogen-bond acceptors (Lipinski definition) is 5. The van der Waals surface area contributed by atoms with Gasteiger partial charge in [-0.1, -0.05) is 18.2 Å². The smallest absolute Gasteiger partial charge is 0.327 e. The van der Waals surface area contributed by atoms with Crippen molar-refractivity contribution in [3.05, 3.63) is 54.1 Å². The number of carbonyl (C=O) groups is 3. The van der Waals surface area contributed by atoms with E-state index >= 15 is 0 Å². The lowest BCUT2D eigenvalue weighted by Gasteiger charge is -2.24. The molecule has 0 aromatic heterocycles. The van der Waals surface area contributed by atoms with E-state index in [-0.39, 0.29) is 30.2 Å². The first-order valence-electron chi connectivity index (χ1n) is 9.18. The number of amides is 1. The van der Waals surface area contributed by atoms with E-state index in [2.05, 4.69) is 0 Å². The Labute approximate surface area is 172 Å². The second-order valence-corrected chi connectivity index (χ2v) is 9.04. The average Bonchev–Trinajstić information content (AvgIpc) is 3.29. The van der Waals surface area contributed by atoms with Gasteiger partial charge in [-0.15, -0.1) is 0 Å². The summed E-state index contributed by atoms with van der Waals surface area (Å²) in [5, 5.41) is 18.7. The zero-order valence-electron chi connectivity index (χ0n) is 15.6. The summed E-state index contributed by atoms with van der Waals surface area (Å²) in [5.41, 5.74) is 1.35. The first kappa shape index (κ1) is 19.9. The molecule has 0 unspecified atom stereocenters. The van der Waals surface area contributed by atoms with Crippen LogP contribution in [-0.2, 0) is 30.8 Å². The predicted octanol–water partition coefficient (Wildman–Crippen LogP) is 1.33. The van der Waals surface area contributed by atoms with E-state index in [1.165, 1.54) is 29.2 Å². The van der Waals surface area contributed by atoms with Gasteiger partial charge in [-0.05, 0) is 35.9 Å². The van der Waals surface area contributed by atoms with E-state index in [4.69, 9.17) is 5.11 Å². The van der Waals surface area contributed by atoms with Crippen molar-refractivity contribution in [3.8, 4) is 0 Å². The summed E-state index contributed by atoms with van der Waals surface area (Å²) in [6, 6.07) is 10.8. The van der Waals surface area contributed by atoms with E-state index in [0.717, 1.165) is 4.31 Å². The SMILES string of the molecule is O=C(O)[C@H]1CC(=O)N(c2ccc(S(=O)(=O)N3c4ccccc4C[C@@H]3C(=O)O)cc2)C1. The molecule has 2 heterocycles. The van der Waals surface area contributed by atoms with Crippen molar-refractivity contribution in [1.29, 1.82) is 0 Å². The molecule has 0 aliphatic carbocycles. The van der Waals surface area contributed by atoms with Crippen molar-refractivity contribution in [2.75, 3.05) is 15.7 Å². The summed E-state index contributed by atoms with van der Waals surface area (Å²) in [7, 11) is -4.17. The summed E-state index contributed by atoms with van der Waals surface area (Å²) in [4.78, 5) is 36.1. The number of rotatable bonds is 5. The molecule has 0 saturated carbocycles. The Morgan fingerprint density at radius 3 is 2.20 bits per heavy atom. The van der Waals surface area contributed by atoms with Gasteiger partial charge in [0, 0.05) is 25.1 Å². The second-order valence-electron chi connectivity index (χ2n) is 7.23. The fraction of sp³-hybridized carbons (Fsp3) is 0.250. The van der Waals surface area contributed by atoms with Gasteiger partial charge in [0.15, 0.2) is 0 Å². The van der Waals surface area contributed by atoms with Crippen molar-refractivity contribution >= 4 is 39.2 Å². The molecule has 2 aromatic rings. The zero-order chi connectivity index (χ0) is 21.6. The second kappa shape index (κ2) is 7.13. The quantitative estimate of drug-likeness (QED) is 0.731. The molecule has 156 valence electrons. The van der Waals surface area contributed by atoms with Crippen LogP contribution in [0.5, 0.6) is 0 Å². The highest BCUT2D eigenvalue weighted by Crippen LogP contribution is 2.37. The Balaban J connectivity index is 1.66. The lowest BCUT2D eigenvalue weighted by atomic mass is 10.1. The minimum Gasteiger partial charge on any atom is -0.481 e.